The number of hydrogen-bond donors (Lipinski definition) is 2. The first kappa shape index (κ1) is 20.2. The third-order valence-electron chi connectivity index (χ3n) is 6.10. The second-order valence-corrected chi connectivity index (χ2v) is 8.01. The Kier molecular flexibility index (Phi) is 6.19. The van der Waals surface area contributed by atoms with Crippen LogP contribution in [0.2, 0.25) is 0 Å². The van der Waals surface area contributed by atoms with Gasteiger partial charge in [0.2, 0.25) is 0 Å². The number of amides is 1. The lowest BCUT2D eigenvalue weighted by Gasteiger charge is -2.24. The predicted molar refractivity (Wildman–Crippen MR) is 118 cm³/mol. The Morgan fingerprint density at radius 1 is 1.10 bits per heavy atom. The first-order chi connectivity index (χ1) is 14.7. The molecule has 30 heavy (non-hydrogen) atoms. The Hall–Kier alpha value is -3.05. The lowest BCUT2D eigenvalue weighted by atomic mass is 9.98. The van der Waals surface area contributed by atoms with E-state index in [1.54, 1.807) is 7.11 Å². The molecule has 3 aromatic rings. The molecule has 1 aliphatic rings. The average Bonchev–Trinajstić information content (AvgIpc) is 3.41. The van der Waals surface area contributed by atoms with E-state index in [0.29, 0.717) is 12.6 Å². The van der Waals surface area contributed by atoms with E-state index in [1.165, 1.54) is 10.6 Å². The fourth-order valence-electron chi connectivity index (χ4n) is 4.54. The van der Waals surface area contributed by atoms with Gasteiger partial charge in [0.15, 0.2) is 6.54 Å². The van der Waals surface area contributed by atoms with Crippen LogP contribution in [-0.4, -0.2) is 30.7 Å². The van der Waals surface area contributed by atoms with Crippen LogP contribution < -0.4 is 15.0 Å². The van der Waals surface area contributed by atoms with Gasteiger partial charge in [-0.05, 0) is 35.4 Å². The predicted octanol–water partition coefficient (Wildman–Crippen LogP) is 2.66. The summed E-state index contributed by atoms with van der Waals surface area (Å²) in [4.78, 5) is 14.5. The number of carbonyl (C=O) groups excluding carboxylic acids is 1. The van der Waals surface area contributed by atoms with Crippen LogP contribution in [0.5, 0.6) is 5.75 Å². The van der Waals surface area contributed by atoms with Gasteiger partial charge in [-0.15, -0.1) is 0 Å². The minimum absolute atomic E-state index is 0.0794. The van der Waals surface area contributed by atoms with Gasteiger partial charge in [0.05, 0.1) is 25.4 Å². The number of benzene rings is 2. The molecule has 0 radical (unpaired) electrons. The molecule has 3 atom stereocenters. The van der Waals surface area contributed by atoms with Gasteiger partial charge in [-0.25, -0.2) is 0 Å². The molecule has 1 fully saturated rings. The molecule has 0 spiro atoms. The van der Waals surface area contributed by atoms with Crippen LogP contribution in [0, 0.1) is 0 Å². The van der Waals surface area contributed by atoms with Crippen molar-refractivity contribution in [3.63, 3.8) is 0 Å². The van der Waals surface area contributed by atoms with Crippen molar-refractivity contribution in [2.24, 2.45) is 7.05 Å². The van der Waals surface area contributed by atoms with E-state index < -0.39 is 0 Å². The summed E-state index contributed by atoms with van der Waals surface area (Å²) in [5.41, 5.74) is 3.43. The Balaban J connectivity index is 1.51. The van der Waals surface area contributed by atoms with Crippen molar-refractivity contribution in [3.8, 4) is 5.75 Å². The van der Waals surface area contributed by atoms with Gasteiger partial charge < -0.3 is 19.5 Å². The van der Waals surface area contributed by atoms with Crippen LogP contribution in [-0.2, 0) is 11.8 Å². The second kappa shape index (κ2) is 9.18. The number of rotatable bonds is 7. The minimum atomic E-state index is -0.180. The largest absolute Gasteiger partial charge is 0.497 e. The minimum Gasteiger partial charge on any atom is -0.497 e. The molecule has 1 aromatic heterocycles. The van der Waals surface area contributed by atoms with Crippen LogP contribution >= 0.6 is 0 Å². The summed E-state index contributed by atoms with van der Waals surface area (Å²) >= 11 is 0. The number of quaternary nitrogens is 1. The van der Waals surface area contributed by atoms with E-state index in [-0.39, 0.29) is 11.9 Å². The number of aromatic nitrogens is 1. The van der Waals surface area contributed by atoms with Gasteiger partial charge in [0.25, 0.3) is 5.91 Å². The van der Waals surface area contributed by atoms with Gasteiger partial charge in [-0.3, -0.25) is 4.79 Å². The lowest BCUT2D eigenvalue weighted by molar-refractivity contribution is -0.911. The highest BCUT2D eigenvalue weighted by molar-refractivity contribution is 5.78. The van der Waals surface area contributed by atoms with Gasteiger partial charge in [-0.1, -0.05) is 42.5 Å². The van der Waals surface area contributed by atoms with Crippen molar-refractivity contribution < 1.29 is 14.4 Å². The number of carbonyl (C=O) groups is 1. The number of methoxy groups -OCH3 is 1. The number of nitrogens with zero attached hydrogens (tertiary/aromatic N) is 1. The molecule has 0 aliphatic carbocycles. The molecule has 2 N–H and O–H groups in total. The zero-order chi connectivity index (χ0) is 20.9. The Morgan fingerprint density at radius 3 is 2.50 bits per heavy atom. The number of aryl methyl sites for hydroxylation is 1. The molecule has 1 unspecified atom stereocenters. The standard InChI is InChI=1S/C25H29N3O2/c1-27-16-6-10-22(27)23-11-7-17-28(23)18-24(29)26-25(19-8-4-3-5-9-19)20-12-14-21(30-2)15-13-20/h3-6,8-10,12-16,23,25H,7,11,17-18H2,1-2H3,(H,26,29)/p+1/t23-,25-/m0/s1. The van der Waals surface area contributed by atoms with E-state index in [4.69, 9.17) is 4.74 Å². The Morgan fingerprint density at radius 2 is 1.83 bits per heavy atom. The van der Waals surface area contributed by atoms with Gasteiger partial charge in [-0.2, -0.15) is 0 Å². The molecule has 2 heterocycles. The van der Waals surface area contributed by atoms with Crippen molar-refractivity contribution in [2.45, 2.75) is 24.9 Å². The number of ether oxygens (including phenoxy) is 1. The number of likely N-dealkylation sites (tertiary alicyclic amines) is 1. The highest BCUT2D eigenvalue weighted by Crippen LogP contribution is 2.24. The molecule has 0 bridgehead atoms. The van der Waals surface area contributed by atoms with Crippen LogP contribution in [0.15, 0.2) is 72.9 Å². The number of hydrogen-bond acceptors (Lipinski definition) is 2. The summed E-state index contributed by atoms with van der Waals surface area (Å²) in [6.45, 7) is 1.51. The maximum atomic E-state index is 13.1. The topological polar surface area (TPSA) is 47.7 Å². The van der Waals surface area contributed by atoms with Crippen molar-refractivity contribution >= 4 is 5.91 Å². The summed E-state index contributed by atoms with van der Waals surface area (Å²) < 4.78 is 7.47. The first-order valence-corrected chi connectivity index (χ1v) is 10.6. The summed E-state index contributed by atoms with van der Waals surface area (Å²) in [6, 6.07) is 22.5. The molecule has 1 amide bonds. The van der Waals surface area contributed by atoms with E-state index in [1.807, 2.05) is 42.5 Å². The molecule has 5 heteroatoms. The van der Waals surface area contributed by atoms with Crippen molar-refractivity contribution in [2.75, 3.05) is 20.2 Å². The molecule has 5 nitrogen and oxygen atoms in total. The van der Waals surface area contributed by atoms with Crippen LogP contribution in [0.1, 0.15) is 41.7 Å². The lowest BCUT2D eigenvalue weighted by Crippen LogP contribution is -3.11. The highest BCUT2D eigenvalue weighted by Gasteiger charge is 2.33. The van der Waals surface area contributed by atoms with Crippen molar-refractivity contribution in [1.82, 2.24) is 9.88 Å². The zero-order valence-corrected chi connectivity index (χ0v) is 17.7. The molecular weight excluding hydrogens is 374 g/mol. The molecule has 2 aromatic carbocycles. The summed E-state index contributed by atoms with van der Waals surface area (Å²) in [5.74, 6) is 0.889. The fraction of sp³-hybridized carbons (Fsp3) is 0.320. The normalized spacial score (nSPS) is 19.4. The smallest absolute Gasteiger partial charge is 0.275 e. The molecular formula is C25H30N3O2+. The second-order valence-electron chi connectivity index (χ2n) is 8.01. The van der Waals surface area contributed by atoms with E-state index >= 15 is 0 Å². The van der Waals surface area contributed by atoms with Crippen molar-refractivity contribution in [1.29, 1.82) is 0 Å². The van der Waals surface area contributed by atoms with Gasteiger partial charge >= 0.3 is 0 Å². The molecule has 1 aliphatic heterocycles. The average molecular weight is 405 g/mol. The highest BCUT2D eigenvalue weighted by atomic mass is 16.5. The molecule has 156 valence electrons. The summed E-state index contributed by atoms with van der Waals surface area (Å²) in [7, 11) is 3.74. The first-order valence-electron chi connectivity index (χ1n) is 10.6. The van der Waals surface area contributed by atoms with Crippen molar-refractivity contribution in [3.05, 3.63) is 89.7 Å². The monoisotopic (exact) mass is 404 g/mol. The van der Waals surface area contributed by atoms with E-state index in [2.05, 4.69) is 47.4 Å². The SMILES string of the molecule is COc1ccc([C@@H](NC(=O)C[NH+]2CCC[C@H]2c2cccn2C)c2ccccc2)cc1. The molecule has 0 saturated carbocycles. The summed E-state index contributed by atoms with van der Waals surface area (Å²) in [5, 5.41) is 3.29. The van der Waals surface area contributed by atoms with Crippen LogP contribution in [0.3, 0.4) is 0 Å². The third kappa shape index (κ3) is 4.41. The molecule has 4 rings (SSSR count). The number of nitrogens with one attached hydrogen (secondary N) is 2. The van der Waals surface area contributed by atoms with Crippen LogP contribution in [0.4, 0.5) is 0 Å². The van der Waals surface area contributed by atoms with E-state index in [0.717, 1.165) is 36.3 Å². The maximum Gasteiger partial charge on any atom is 0.275 e. The van der Waals surface area contributed by atoms with Gasteiger partial charge in [0.1, 0.15) is 11.8 Å². The Bertz CT molecular complexity index is 966. The summed E-state index contributed by atoms with van der Waals surface area (Å²) in [6.07, 6.45) is 4.36. The van der Waals surface area contributed by atoms with E-state index in [9.17, 15) is 4.79 Å². The quantitative estimate of drug-likeness (QED) is 0.636. The molecule has 1 saturated heterocycles. The third-order valence-corrected chi connectivity index (χ3v) is 6.10. The van der Waals surface area contributed by atoms with Crippen LogP contribution in [0.25, 0.3) is 0 Å². The zero-order valence-electron chi connectivity index (χ0n) is 17.7. The fourth-order valence-corrected chi connectivity index (χ4v) is 4.54. The van der Waals surface area contributed by atoms with Gasteiger partial charge in [0, 0.05) is 26.1 Å². The Labute approximate surface area is 178 Å². The maximum absolute atomic E-state index is 13.1.